The Kier molecular flexibility index (Phi) is 4.69. The van der Waals surface area contributed by atoms with Gasteiger partial charge < -0.3 is 10.1 Å². The maximum atomic E-state index is 12.8. The molecule has 0 heterocycles. The van der Waals surface area contributed by atoms with Gasteiger partial charge in [-0.3, -0.25) is 4.79 Å². The van der Waals surface area contributed by atoms with Gasteiger partial charge in [-0.25, -0.2) is 13.6 Å². The van der Waals surface area contributed by atoms with Crippen LogP contribution in [0.1, 0.15) is 15.9 Å². The van der Waals surface area contributed by atoms with Crippen LogP contribution in [0.3, 0.4) is 0 Å². The number of nitrogens with one attached hydrogen (secondary N) is 1. The first-order valence-corrected chi connectivity index (χ1v) is 5.36. The van der Waals surface area contributed by atoms with Crippen LogP contribution in [0.15, 0.2) is 18.2 Å². The van der Waals surface area contributed by atoms with Crippen molar-refractivity contribution in [3.05, 3.63) is 29.3 Å². The molecule has 0 radical (unpaired) electrons. The second-order valence-electron chi connectivity index (χ2n) is 3.90. The van der Waals surface area contributed by atoms with Crippen LogP contribution in [0, 0.1) is 6.92 Å². The molecule has 1 rings (SSSR count). The third-order valence-corrected chi connectivity index (χ3v) is 2.48. The standard InChI is InChI=1S/C12H11F4NO3/c1-6-3-4-7(9(18)20-2)5-8(6)17-11(19)12(15,16)10(13)14/h3-5,10H,1-2H3,(H,17,19). The molecular weight excluding hydrogens is 282 g/mol. The van der Waals surface area contributed by atoms with Crippen LogP contribution in [0.2, 0.25) is 0 Å². The number of aryl methyl sites for hydroxylation is 1. The van der Waals surface area contributed by atoms with E-state index >= 15 is 0 Å². The van der Waals surface area contributed by atoms with Crippen molar-refractivity contribution in [1.82, 2.24) is 0 Å². The molecule has 4 nitrogen and oxygen atoms in total. The summed E-state index contributed by atoms with van der Waals surface area (Å²) in [5.74, 6) is -7.70. The lowest BCUT2D eigenvalue weighted by Gasteiger charge is -2.16. The number of carbonyl (C=O) groups is 2. The summed E-state index contributed by atoms with van der Waals surface area (Å²) in [6.07, 6.45) is -4.12. The summed E-state index contributed by atoms with van der Waals surface area (Å²) in [7, 11) is 1.12. The lowest BCUT2D eigenvalue weighted by molar-refractivity contribution is -0.163. The van der Waals surface area contributed by atoms with Crippen LogP contribution in [0.4, 0.5) is 23.2 Å². The first-order chi connectivity index (χ1) is 9.20. The predicted molar refractivity (Wildman–Crippen MR) is 62.1 cm³/mol. The van der Waals surface area contributed by atoms with E-state index in [1.54, 1.807) is 5.32 Å². The van der Waals surface area contributed by atoms with Crippen molar-refractivity contribution in [3.63, 3.8) is 0 Å². The Labute approximate surface area is 111 Å². The zero-order chi connectivity index (χ0) is 15.5. The van der Waals surface area contributed by atoms with Gasteiger partial charge in [0.1, 0.15) is 0 Å². The van der Waals surface area contributed by atoms with E-state index in [2.05, 4.69) is 4.74 Å². The van der Waals surface area contributed by atoms with Crippen molar-refractivity contribution < 1.29 is 31.9 Å². The second-order valence-corrected chi connectivity index (χ2v) is 3.90. The average Bonchev–Trinajstić information content (AvgIpc) is 2.39. The fraction of sp³-hybridized carbons (Fsp3) is 0.333. The number of amides is 1. The van der Waals surface area contributed by atoms with Crippen molar-refractivity contribution in [3.8, 4) is 0 Å². The molecule has 1 aromatic rings. The summed E-state index contributed by atoms with van der Waals surface area (Å²) in [5.41, 5.74) is 0.156. The summed E-state index contributed by atoms with van der Waals surface area (Å²) in [5, 5.41) is 1.67. The SMILES string of the molecule is COC(=O)c1ccc(C)c(NC(=O)C(F)(F)C(F)F)c1. The molecule has 0 aromatic heterocycles. The molecule has 110 valence electrons. The first-order valence-electron chi connectivity index (χ1n) is 5.36. The van der Waals surface area contributed by atoms with E-state index < -0.39 is 24.2 Å². The monoisotopic (exact) mass is 293 g/mol. The zero-order valence-electron chi connectivity index (χ0n) is 10.5. The number of rotatable bonds is 4. The lowest BCUT2D eigenvalue weighted by Crippen LogP contribution is -2.41. The van der Waals surface area contributed by atoms with Crippen molar-refractivity contribution in [2.45, 2.75) is 19.3 Å². The number of esters is 1. The molecule has 0 saturated heterocycles. The van der Waals surface area contributed by atoms with Gasteiger partial charge in [-0.2, -0.15) is 8.78 Å². The molecule has 0 aliphatic rings. The van der Waals surface area contributed by atoms with Gasteiger partial charge in [-0.05, 0) is 24.6 Å². The highest BCUT2D eigenvalue weighted by atomic mass is 19.3. The Balaban J connectivity index is 3.03. The van der Waals surface area contributed by atoms with Gasteiger partial charge in [0.05, 0.1) is 12.7 Å². The Morgan fingerprint density at radius 1 is 1.30 bits per heavy atom. The van der Waals surface area contributed by atoms with E-state index in [4.69, 9.17) is 0 Å². The first kappa shape index (κ1) is 15.9. The fourth-order valence-corrected chi connectivity index (χ4v) is 1.31. The van der Waals surface area contributed by atoms with E-state index in [-0.39, 0.29) is 11.3 Å². The minimum Gasteiger partial charge on any atom is -0.465 e. The molecule has 1 amide bonds. The van der Waals surface area contributed by atoms with E-state index in [1.165, 1.54) is 19.1 Å². The molecule has 0 aliphatic carbocycles. The maximum Gasteiger partial charge on any atom is 0.383 e. The number of hydrogen-bond donors (Lipinski definition) is 1. The van der Waals surface area contributed by atoms with Crippen molar-refractivity contribution in [2.24, 2.45) is 0 Å². The molecule has 0 saturated carbocycles. The highest BCUT2D eigenvalue weighted by Gasteiger charge is 2.49. The maximum absolute atomic E-state index is 12.8. The lowest BCUT2D eigenvalue weighted by atomic mass is 10.1. The summed E-state index contributed by atoms with van der Waals surface area (Å²) in [6.45, 7) is 1.46. The minimum absolute atomic E-state index is 0.00577. The van der Waals surface area contributed by atoms with E-state index in [0.29, 0.717) is 5.56 Å². The molecule has 8 heteroatoms. The van der Waals surface area contributed by atoms with Gasteiger partial charge in [0.25, 0.3) is 0 Å². The zero-order valence-corrected chi connectivity index (χ0v) is 10.5. The summed E-state index contributed by atoms with van der Waals surface area (Å²) in [4.78, 5) is 22.4. The fourth-order valence-electron chi connectivity index (χ4n) is 1.31. The number of hydrogen-bond acceptors (Lipinski definition) is 3. The van der Waals surface area contributed by atoms with Crippen LogP contribution in [-0.2, 0) is 9.53 Å². The number of carbonyl (C=O) groups excluding carboxylic acids is 2. The Morgan fingerprint density at radius 3 is 2.40 bits per heavy atom. The number of ether oxygens (including phenoxy) is 1. The van der Waals surface area contributed by atoms with Crippen LogP contribution in [0.5, 0.6) is 0 Å². The Bertz CT molecular complexity index is 531. The number of halogens is 4. The summed E-state index contributed by atoms with van der Waals surface area (Å²) >= 11 is 0. The number of alkyl halides is 4. The summed E-state index contributed by atoms with van der Waals surface area (Å²) in [6, 6.07) is 3.78. The molecule has 0 unspecified atom stereocenters. The molecule has 0 fully saturated rings. The normalized spacial score (nSPS) is 11.3. The highest BCUT2D eigenvalue weighted by molar-refractivity contribution is 5.98. The topological polar surface area (TPSA) is 55.4 Å². The van der Waals surface area contributed by atoms with Crippen LogP contribution in [-0.4, -0.2) is 31.3 Å². The molecule has 0 spiro atoms. The number of methoxy groups -OCH3 is 1. The Morgan fingerprint density at radius 2 is 1.90 bits per heavy atom. The third-order valence-electron chi connectivity index (χ3n) is 2.48. The number of benzene rings is 1. The van der Waals surface area contributed by atoms with Crippen LogP contribution >= 0.6 is 0 Å². The summed E-state index contributed by atoms with van der Waals surface area (Å²) < 4.78 is 54.2. The van der Waals surface area contributed by atoms with Gasteiger partial charge >= 0.3 is 24.2 Å². The van der Waals surface area contributed by atoms with Gasteiger partial charge in [0.15, 0.2) is 0 Å². The smallest absolute Gasteiger partial charge is 0.383 e. The Hall–Kier alpha value is -2.12. The molecule has 0 atom stereocenters. The van der Waals surface area contributed by atoms with Gasteiger partial charge in [-0.15, -0.1) is 0 Å². The molecular formula is C12H11F4NO3. The molecule has 0 aliphatic heterocycles. The highest BCUT2D eigenvalue weighted by Crippen LogP contribution is 2.26. The predicted octanol–water partition coefficient (Wildman–Crippen LogP) is 2.62. The van der Waals surface area contributed by atoms with Crippen molar-refractivity contribution in [1.29, 1.82) is 0 Å². The molecule has 0 bridgehead atoms. The van der Waals surface area contributed by atoms with Gasteiger partial charge in [0, 0.05) is 5.69 Å². The molecule has 20 heavy (non-hydrogen) atoms. The van der Waals surface area contributed by atoms with E-state index in [1.807, 2.05) is 0 Å². The van der Waals surface area contributed by atoms with Crippen LogP contribution < -0.4 is 5.32 Å². The average molecular weight is 293 g/mol. The number of anilines is 1. The van der Waals surface area contributed by atoms with Crippen molar-refractivity contribution in [2.75, 3.05) is 12.4 Å². The van der Waals surface area contributed by atoms with E-state index in [9.17, 15) is 27.2 Å². The quantitative estimate of drug-likeness (QED) is 0.686. The molecule has 1 aromatic carbocycles. The van der Waals surface area contributed by atoms with Gasteiger partial charge in [0.2, 0.25) is 0 Å². The largest absolute Gasteiger partial charge is 0.465 e. The minimum atomic E-state index is -4.81. The van der Waals surface area contributed by atoms with Gasteiger partial charge in [-0.1, -0.05) is 6.07 Å². The second kappa shape index (κ2) is 5.89. The third kappa shape index (κ3) is 3.25. The van der Waals surface area contributed by atoms with Crippen LogP contribution in [0.25, 0.3) is 0 Å². The van der Waals surface area contributed by atoms with E-state index in [0.717, 1.165) is 13.2 Å². The molecule has 1 N–H and O–H groups in total. The van der Waals surface area contributed by atoms with Crippen molar-refractivity contribution >= 4 is 17.6 Å².